The van der Waals surface area contributed by atoms with E-state index >= 15 is 0 Å². The van der Waals surface area contributed by atoms with Gasteiger partial charge in [0.1, 0.15) is 41.4 Å². The predicted molar refractivity (Wildman–Crippen MR) is 131 cm³/mol. The van der Waals surface area contributed by atoms with Crippen LogP contribution in [0.3, 0.4) is 0 Å². The molecule has 2 aromatic heterocycles. The molecule has 3 atom stereocenters. The van der Waals surface area contributed by atoms with Gasteiger partial charge in [0.2, 0.25) is 0 Å². The van der Waals surface area contributed by atoms with Gasteiger partial charge < -0.3 is 25.0 Å². The van der Waals surface area contributed by atoms with E-state index in [-0.39, 0.29) is 25.1 Å². The van der Waals surface area contributed by atoms with Crippen LogP contribution in [0, 0.1) is 18.7 Å². The number of carbonyl (C=O) groups excluding carboxylic acids is 2. The van der Waals surface area contributed by atoms with Crippen molar-refractivity contribution in [1.82, 2.24) is 25.2 Å². The number of carbonyl (C=O) groups is 2. The minimum Gasteiger partial charge on any atom is -0.493 e. The third-order valence-electron chi connectivity index (χ3n) is 6.89. The maximum Gasteiger partial charge on any atom is 0.255 e. The van der Waals surface area contributed by atoms with Crippen molar-refractivity contribution in [2.45, 2.75) is 51.4 Å². The van der Waals surface area contributed by atoms with E-state index < -0.39 is 35.9 Å². The van der Waals surface area contributed by atoms with Crippen LogP contribution in [0.15, 0.2) is 24.5 Å². The summed E-state index contributed by atoms with van der Waals surface area (Å²) < 4.78 is 35.0. The number of aliphatic hydroxyl groups is 1. The number of fused-ring (bicyclic) bond motifs is 1. The maximum absolute atomic E-state index is 14.9. The van der Waals surface area contributed by atoms with Crippen molar-refractivity contribution in [2.75, 3.05) is 19.7 Å². The van der Waals surface area contributed by atoms with Crippen LogP contribution in [0.25, 0.3) is 22.3 Å². The van der Waals surface area contributed by atoms with E-state index in [1.54, 1.807) is 13.0 Å². The average Bonchev–Trinajstić information content (AvgIpc) is 3.63. The average molecular weight is 514 g/mol. The minimum atomic E-state index is -1.49. The molecule has 1 aliphatic heterocycles. The molecular weight excluding hydrogens is 484 g/mol. The Hall–Kier alpha value is -3.60. The number of nitrogens with one attached hydrogen (secondary N) is 2. The Bertz CT molecular complexity index is 1340. The standard InChI is InChI=1S/C26H29F2N5O4/c1-13-21(25(35)32-19-7-8-33(10-18(19)28)26(36)14(2)34)23-24(31-13)22(29-12-30-23)17-9-16(27)5-6-20(17)37-11-15-3-4-15/h5-6,9,12,14-15,18-19,31,34H,3-4,7-8,10-11H2,1-2H3,(H,32,35)/t14-,18-,19-/m0/s1. The minimum absolute atomic E-state index is 0.206. The third kappa shape index (κ3) is 5.13. The van der Waals surface area contributed by atoms with Gasteiger partial charge in [-0.05, 0) is 57.2 Å². The van der Waals surface area contributed by atoms with E-state index in [4.69, 9.17) is 4.74 Å². The van der Waals surface area contributed by atoms with Gasteiger partial charge in [0.25, 0.3) is 11.8 Å². The number of aliphatic hydroxyl groups excluding tert-OH is 1. The maximum atomic E-state index is 14.9. The highest BCUT2D eigenvalue weighted by molar-refractivity contribution is 6.09. The van der Waals surface area contributed by atoms with Crippen molar-refractivity contribution in [2.24, 2.45) is 5.92 Å². The monoisotopic (exact) mass is 513 g/mol. The number of likely N-dealkylation sites (tertiary alicyclic amines) is 1. The van der Waals surface area contributed by atoms with E-state index in [0.717, 1.165) is 12.8 Å². The number of alkyl halides is 1. The molecule has 2 aliphatic rings. The number of H-pyrrole nitrogens is 1. The fourth-order valence-corrected chi connectivity index (χ4v) is 4.68. The number of hydrogen-bond acceptors (Lipinski definition) is 6. The molecule has 0 spiro atoms. The van der Waals surface area contributed by atoms with Crippen molar-refractivity contribution in [1.29, 1.82) is 0 Å². The molecule has 3 N–H and O–H groups in total. The quantitative estimate of drug-likeness (QED) is 0.447. The number of piperidine rings is 1. The highest BCUT2D eigenvalue weighted by Gasteiger charge is 2.34. The highest BCUT2D eigenvalue weighted by Crippen LogP contribution is 2.36. The van der Waals surface area contributed by atoms with Gasteiger partial charge in [-0.15, -0.1) is 0 Å². The van der Waals surface area contributed by atoms with Gasteiger partial charge in [0, 0.05) is 17.8 Å². The lowest BCUT2D eigenvalue weighted by Crippen LogP contribution is -2.55. The number of amides is 2. The van der Waals surface area contributed by atoms with Gasteiger partial charge in [-0.1, -0.05) is 0 Å². The first-order chi connectivity index (χ1) is 17.7. The number of rotatable bonds is 7. The number of aromatic amines is 1. The summed E-state index contributed by atoms with van der Waals surface area (Å²) in [5, 5.41) is 12.2. The number of benzene rings is 1. The second-order valence-electron chi connectivity index (χ2n) is 9.81. The molecule has 3 heterocycles. The SMILES string of the molecule is Cc1[nH]c2c(-c3cc(F)ccc3OCC3CC3)ncnc2c1C(=O)N[C@H]1CCN(C(=O)[C@H](C)O)C[C@@H]1F. The van der Waals surface area contributed by atoms with E-state index in [0.29, 0.717) is 46.3 Å². The lowest BCUT2D eigenvalue weighted by molar-refractivity contribution is -0.141. The zero-order chi connectivity index (χ0) is 26.3. The molecule has 0 radical (unpaired) electrons. The summed E-state index contributed by atoms with van der Waals surface area (Å²) in [4.78, 5) is 38.3. The Labute approximate surface area is 212 Å². The molecule has 3 aromatic rings. The second-order valence-corrected chi connectivity index (χ2v) is 9.81. The van der Waals surface area contributed by atoms with Gasteiger partial charge in [0.05, 0.1) is 30.3 Å². The summed E-state index contributed by atoms with van der Waals surface area (Å²) >= 11 is 0. The molecular formula is C26H29F2N5O4. The normalized spacial score (nSPS) is 20.6. The number of aromatic nitrogens is 3. The number of nitrogens with zero attached hydrogens (tertiary/aromatic N) is 3. The zero-order valence-corrected chi connectivity index (χ0v) is 20.6. The molecule has 0 bridgehead atoms. The van der Waals surface area contributed by atoms with Crippen LogP contribution in [-0.2, 0) is 4.79 Å². The Morgan fingerprint density at radius 1 is 1.30 bits per heavy atom. The Kier molecular flexibility index (Phi) is 6.80. The first kappa shape index (κ1) is 25.1. The summed E-state index contributed by atoms with van der Waals surface area (Å²) in [6.45, 7) is 3.59. The van der Waals surface area contributed by atoms with E-state index in [1.165, 1.54) is 30.3 Å². The van der Waals surface area contributed by atoms with Crippen LogP contribution in [0.2, 0.25) is 0 Å². The number of halogens is 2. The molecule has 2 amide bonds. The smallest absolute Gasteiger partial charge is 0.255 e. The molecule has 11 heteroatoms. The molecule has 1 aliphatic carbocycles. The lowest BCUT2D eigenvalue weighted by Gasteiger charge is -2.35. The first-order valence-electron chi connectivity index (χ1n) is 12.4. The van der Waals surface area contributed by atoms with Crippen molar-refractivity contribution in [3.63, 3.8) is 0 Å². The molecule has 0 unspecified atom stereocenters. The van der Waals surface area contributed by atoms with Crippen LogP contribution in [0.4, 0.5) is 8.78 Å². The van der Waals surface area contributed by atoms with Gasteiger partial charge in [0.15, 0.2) is 0 Å². The summed E-state index contributed by atoms with van der Waals surface area (Å²) in [6, 6.07) is 3.44. The van der Waals surface area contributed by atoms with Crippen molar-refractivity contribution in [3.8, 4) is 17.0 Å². The summed E-state index contributed by atoms with van der Waals surface area (Å²) in [7, 11) is 0. The largest absolute Gasteiger partial charge is 0.493 e. The van der Waals surface area contributed by atoms with E-state index in [1.807, 2.05) is 0 Å². The highest BCUT2D eigenvalue weighted by atomic mass is 19.1. The number of aryl methyl sites for hydroxylation is 1. The van der Waals surface area contributed by atoms with Gasteiger partial charge in [-0.2, -0.15) is 0 Å². The van der Waals surface area contributed by atoms with E-state index in [9.17, 15) is 23.5 Å². The molecule has 1 aromatic carbocycles. The molecule has 5 rings (SSSR count). The summed E-state index contributed by atoms with van der Waals surface area (Å²) in [6.07, 6.45) is 1.03. The van der Waals surface area contributed by atoms with Crippen LogP contribution in [0.5, 0.6) is 5.75 Å². The first-order valence-corrected chi connectivity index (χ1v) is 12.4. The van der Waals surface area contributed by atoms with Gasteiger partial charge in [-0.3, -0.25) is 9.59 Å². The van der Waals surface area contributed by atoms with Crippen LogP contribution < -0.4 is 10.1 Å². The van der Waals surface area contributed by atoms with Crippen LogP contribution >= 0.6 is 0 Å². The molecule has 9 nitrogen and oxygen atoms in total. The van der Waals surface area contributed by atoms with E-state index in [2.05, 4.69) is 20.3 Å². The Balaban J connectivity index is 1.41. The predicted octanol–water partition coefficient (Wildman–Crippen LogP) is 2.91. The number of ether oxygens (including phenoxy) is 1. The van der Waals surface area contributed by atoms with Crippen LogP contribution in [-0.4, -0.2) is 74.8 Å². The van der Waals surface area contributed by atoms with Crippen molar-refractivity contribution in [3.05, 3.63) is 41.6 Å². The Morgan fingerprint density at radius 3 is 2.78 bits per heavy atom. The fourth-order valence-electron chi connectivity index (χ4n) is 4.68. The van der Waals surface area contributed by atoms with Crippen molar-refractivity contribution >= 4 is 22.8 Å². The second kappa shape index (κ2) is 10.0. The van der Waals surface area contributed by atoms with Gasteiger partial charge in [-0.25, -0.2) is 18.7 Å². The zero-order valence-electron chi connectivity index (χ0n) is 20.6. The Morgan fingerprint density at radius 2 is 2.08 bits per heavy atom. The molecule has 1 saturated carbocycles. The lowest BCUT2D eigenvalue weighted by atomic mass is 10.0. The fraction of sp³-hybridized carbons (Fsp3) is 0.462. The topological polar surface area (TPSA) is 120 Å². The molecule has 1 saturated heterocycles. The third-order valence-corrected chi connectivity index (χ3v) is 6.89. The van der Waals surface area contributed by atoms with Crippen LogP contribution in [0.1, 0.15) is 42.2 Å². The molecule has 37 heavy (non-hydrogen) atoms. The van der Waals surface area contributed by atoms with Crippen molar-refractivity contribution < 1.29 is 28.2 Å². The number of hydrogen-bond donors (Lipinski definition) is 3. The molecule has 2 fully saturated rings. The molecule has 196 valence electrons. The van der Waals surface area contributed by atoms with Gasteiger partial charge >= 0.3 is 0 Å². The summed E-state index contributed by atoms with van der Waals surface area (Å²) in [5.74, 6) is -0.507. The summed E-state index contributed by atoms with van der Waals surface area (Å²) in [5.41, 5.74) is 2.36.